The minimum atomic E-state index is -0.267. The van der Waals surface area contributed by atoms with E-state index in [9.17, 15) is 9.59 Å². The van der Waals surface area contributed by atoms with Crippen molar-refractivity contribution in [3.05, 3.63) is 38.9 Å². The first-order chi connectivity index (χ1) is 8.75. The van der Waals surface area contributed by atoms with Gasteiger partial charge in [0.05, 0.1) is 10.8 Å². The van der Waals surface area contributed by atoms with Crippen LogP contribution < -0.4 is 16.4 Å². The van der Waals surface area contributed by atoms with Crippen LogP contribution in [0, 0.1) is 5.92 Å². The molecule has 2 aromatic rings. The van der Waals surface area contributed by atoms with Gasteiger partial charge in [0, 0.05) is 12.2 Å². The number of benzene rings is 1. The van der Waals surface area contributed by atoms with Gasteiger partial charge in [-0.15, -0.1) is 0 Å². The first-order valence-corrected chi connectivity index (χ1v) is 6.23. The topological polar surface area (TPSA) is 77.8 Å². The van der Waals surface area contributed by atoms with Gasteiger partial charge < -0.3 is 5.32 Å². The van der Waals surface area contributed by atoms with Crippen LogP contribution in [0.4, 0.5) is 5.69 Å². The van der Waals surface area contributed by atoms with Crippen molar-refractivity contribution in [1.82, 2.24) is 10.2 Å². The summed E-state index contributed by atoms with van der Waals surface area (Å²) in [5, 5.41) is 8.86. The van der Waals surface area contributed by atoms with E-state index in [1.807, 2.05) is 6.07 Å². The molecule has 0 unspecified atom stereocenters. The predicted molar refractivity (Wildman–Crippen MR) is 71.0 cm³/mol. The van der Waals surface area contributed by atoms with Crippen LogP contribution >= 0.6 is 0 Å². The van der Waals surface area contributed by atoms with Gasteiger partial charge in [0.15, 0.2) is 0 Å². The minimum Gasteiger partial charge on any atom is -0.384 e. The number of rotatable bonds is 3. The molecule has 3 rings (SSSR count). The quantitative estimate of drug-likeness (QED) is 0.765. The molecule has 1 heterocycles. The van der Waals surface area contributed by atoms with E-state index < -0.39 is 0 Å². The third-order valence-corrected chi connectivity index (χ3v) is 3.63. The Morgan fingerprint density at radius 3 is 2.67 bits per heavy atom. The van der Waals surface area contributed by atoms with E-state index in [0.717, 1.165) is 12.2 Å². The number of nitrogens with one attached hydrogen (secondary N) is 3. The van der Waals surface area contributed by atoms with Gasteiger partial charge in [-0.2, -0.15) is 0 Å². The molecule has 1 saturated carbocycles. The summed E-state index contributed by atoms with van der Waals surface area (Å²) in [4.78, 5) is 23.4. The van der Waals surface area contributed by atoms with E-state index in [1.54, 1.807) is 12.1 Å². The van der Waals surface area contributed by atoms with Gasteiger partial charge in [0.2, 0.25) is 0 Å². The lowest BCUT2D eigenvalue weighted by molar-refractivity contribution is 0.333. The van der Waals surface area contributed by atoms with Gasteiger partial charge >= 0.3 is 0 Å². The maximum absolute atomic E-state index is 11.8. The summed E-state index contributed by atoms with van der Waals surface area (Å²) in [6, 6.07) is 5.30. The normalized spacial score (nSPS) is 15.6. The second-order valence-corrected chi connectivity index (χ2v) is 4.81. The van der Waals surface area contributed by atoms with Crippen LogP contribution in [0.2, 0.25) is 0 Å². The molecule has 1 aliphatic rings. The maximum Gasteiger partial charge on any atom is 0.272 e. The Kier molecular flexibility index (Phi) is 2.66. The highest BCUT2D eigenvalue weighted by Crippen LogP contribution is 2.27. The molecular formula is C13H15N3O2. The average Bonchev–Trinajstić information content (AvgIpc) is 2.32. The first-order valence-electron chi connectivity index (χ1n) is 6.23. The molecule has 1 aromatic heterocycles. The highest BCUT2D eigenvalue weighted by molar-refractivity contribution is 5.92. The lowest BCUT2D eigenvalue weighted by Crippen LogP contribution is -2.23. The number of aromatic amines is 2. The molecule has 0 aliphatic heterocycles. The number of fused-ring (bicyclic) bond motifs is 1. The number of hydrogen-bond acceptors (Lipinski definition) is 3. The van der Waals surface area contributed by atoms with Crippen molar-refractivity contribution in [2.45, 2.75) is 19.3 Å². The van der Waals surface area contributed by atoms with Gasteiger partial charge in [-0.3, -0.25) is 19.8 Å². The summed E-state index contributed by atoms with van der Waals surface area (Å²) < 4.78 is 0. The van der Waals surface area contributed by atoms with Crippen molar-refractivity contribution < 1.29 is 0 Å². The van der Waals surface area contributed by atoms with Gasteiger partial charge in [-0.05, 0) is 30.9 Å². The van der Waals surface area contributed by atoms with Gasteiger partial charge in [0.25, 0.3) is 11.1 Å². The van der Waals surface area contributed by atoms with Crippen LogP contribution in [-0.4, -0.2) is 16.7 Å². The summed E-state index contributed by atoms with van der Waals surface area (Å²) in [7, 11) is 0. The van der Waals surface area contributed by atoms with Crippen LogP contribution in [-0.2, 0) is 0 Å². The Labute approximate surface area is 103 Å². The fourth-order valence-corrected chi connectivity index (χ4v) is 2.33. The Balaban J connectivity index is 2.02. The molecule has 3 N–H and O–H groups in total. The average molecular weight is 245 g/mol. The van der Waals surface area contributed by atoms with Crippen molar-refractivity contribution in [2.24, 2.45) is 5.92 Å². The minimum absolute atomic E-state index is 0.263. The molecule has 5 nitrogen and oxygen atoms in total. The molecule has 0 radical (unpaired) electrons. The molecule has 0 spiro atoms. The molecule has 0 atom stereocenters. The molecule has 1 fully saturated rings. The highest BCUT2D eigenvalue weighted by atomic mass is 16.1. The number of anilines is 1. The van der Waals surface area contributed by atoms with Gasteiger partial charge in [-0.25, -0.2) is 0 Å². The SMILES string of the molecule is O=c1[nH][nH]c(=O)c2c(NCC3CCC3)cccc12. The maximum atomic E-state index is 11.8. The molecule has 18 heavy (non-hydrogen) atoms. The molecule has 0 bridgehead atoms. The fraction of sp³-hybridized carbons (Fsp3) is 0.385. The molecule has 0 saturated heterocycles. The summed E-state index contributed by atoms with van der Waals surface area (Å²) in [6.07, 6.45) is 3.78. The Morgan fingerprint density at radius 1 is 1.17 bits per heavy atom. The lowest BCUT2D eigenvalue weighted by Gasteiger charge is -2.26. The molecule has 94 valence electrons. The van der Waals surface area contributed by atoms with Crippen molar-refractivity contribution in [2.75, 3.05) is 11.9 Å². The zero-order valence-electron chi connectivity index (χ0n) is 9.95. The molecule has 0 amide bonds. The van der Waals surface area contributed by atoms with Crippen molar-refractivity contribution in [3.63, 3.8) is 0 Å². The summed E-state index contributed by atoms with van der Waals surface area (Å²) in [5.41, 5.74) is 0.213. The summed E-state index contributed by atoms with van der Waals surface area (Å²) >= 11 is 0. The van der Waals surface area contributed by atoms with E-state index in [1.165, 1.54) is 19.3 Å². The monoisotopic (exact) mass is 245 g/mol. The van der Waals surface area contributed by atoms with Crippen LogP contribution in [0.1, 0.15) is 19.3 Å². The van der Waals surface area contributed by atoms with E-state index in [2.05, 4.69) is 15.5 Å². The number of aromatic nitrogens is 2. The lowest BCUT2D eigenvalue weighted by atomic mass is 9.85. The fourth-order valence-electron chi connectivity index (χ4n) is 2.33. The highest BCUT2D eigenvalue weighted by Gasteiger charge is 2.17. The second kappa shape index (κ2) is 4.33. The third kappa shape index (κ3) is 1.81. The van der Waals surface area contributed by atoms with Crippen LogP contribution in [0.15, 0.2) is 27.8 Å². The Morgan fingerprint density at radius 2 is 1.94 bits per heavy atom. The van der Waals surface area contributed by atoms with Crippen LogP contribution in [0.5, 0.6) is 0 Å². The molecule has 1 aromatic carbocycles. The molecular weight excluding hydrogens is 230 g/mol. The zero-order valence-corrected chi connectivity index (χ0v) is 9.95. The van der Waals surface area contributed by atoms with Crippen molar-refractivity contribution >= 4 is 16.5 Å². The van der Waals surface area contributed by atoms with Gasteiger partial charge in [-0.1, -0.05) is 12.5 Å². The standard InChI is InChI=1S/C13H15N3O2/c17-12-9-5-2-6-10(11(9)13(18)16-15-12)14-7-8-3-1-4-8/h2,5-6,8,14H,1,3-4,7H2,(H,15,17)(H,16,18). The number of H-pyrrole nitrogens is 2. The Bertz CT molecular complexity index is 682. The predicted octanol–water partition coefficient (Wildman–Crippen LogP) is 1.43. The van der Waals surface area contributed by atoms with E-state index in [0.29, 0.717) is 16.7 Å². The zero-order chi connectivity index (χ0) is 12.5. The largest absolute Gasteiger partial charge is 0.384 e. The van der Waals surface area contributed by atoms with Crippen molar-refractivity contribution in [1.29, 1.82) is 0 Å². The molecule has 5 heteroatoms. The van der Waals surface area contributed by atoms with Crippen LogP contribution in [0.3, 0.4) is 0 Å². The Hall–Kier alpha value is -2.04. The van der Waals surface area contributed by atoms with E-state index in [4.69, 9.17) is 0 Å². The number of hydrogen-bond donors (Lipinski definition) is 3. The van der Waals surface area contributed by atoms with Crippen molar-refractivity contribution in [3.8, 4) is 0 Å². The summed E-state index contributed by atoms with van der Waals surface area (Å²) in [6.45, 7) is 0.866. The third-order valence-electron chi connectivity index (χ3n) is 3.63. The first kappa shape index (κ1) is 11.1. The molecule has 1 aliphatic carbocycles. The van der Waals surface area contributed by atoms with E-state index in [-0.39, 0.29) is 11.1 Å². The summed E-state index contributed by atoms with van der Waals surface area (Å²) in [5.74, 6) is 0.696. The van der Waals surface area contributed by atoms with E-state index >= 15 is 0 Å². The second-order valence-electron chi connectivity index (χ2n) is 4.81. The van der Waals surface area contributed by atoms with Gasteiger partial charge in [0.1, 0.15) is 0 Å². The smallest absolute Gasteiger partial charge is 0.272 e. The van der Waals surface area contributed by atoms with Crippen LogP contribution in [0.25, 0.3) is 10.8 Å².